The molecule has 1 aliphatic rings. The fourth-order valence-electron chi connectivity index (χ4n) is 4.37. The summed E-state index contributed by atoms with van der Waals surface area (Å²) in [5.74, 6) is -3.07. The number of aromatic carboxylic acids is 1. The van der Waals surface area contributed by atoms with Gasteiger partial charge in [-0.1, -0.05) is 61.5 Å². The average molecular weight is 477 g/mol. The van der Waals surface area contributed by atoms with E-state index in [4.69, 9.17) is 4.74 Å². The molecule has 1 atom stereocenters. The molecule has 0 aliphatic heterocycles. The molecule has 0 saturated carbocycles. The van der Waals surface area contributed by atoms with Crippen LogP contribution < -0.4 is 10.6 Å². The number of carbonyl (C=O) groups is 3. The van der Waals surface area contributed by atoms with E-state index in [0.29, 0.717) is 6.42 Å². The van der Waals surface area contributed by atoms with Gasteiger partial charge < -0.3 is 20.5 Å². The minimum atomic E-state index is -1.48. The summed E-state index contributed by atoms with van der Waals surface area (Å²) in [7, 11) is 0. The topological polar surface area (TPSA) is 105 Å². The Hall–Kier alpha value is -4.20. The first-order valence-electron chi connectivity index (χ1n) is 11.3. The van der Waals surface area contributed by atoms with E-state index in [9.17, 15) is 23.9 Å². The van der Waals surface area contributed by atoms with Gasteiger partial charge in [-0.15, -0.1) is 0 Å². The van der Waals surface area contributed by atoms with Crippen LogP contribution in [0.2, 0.25) is 0 Å². The quantitative estimate of drug-likeness (QED) is 0.416. The van der Waals surface area contributed by atoms with Gasteiger partial charge in [0, 0.05) is 18.4 Å². The lowest BCUT2D eigenvalue weighted by atomic mass is 9.98. The monoisotopic (exact) mass is 476 g/mol. The molecule has 7 nitrogen and oxygen atoms in total. The van der Waals surface area contributed by atoms with Gasteiger partial charge in [-0.3, -0.25) is 4.79 Å². The van der Waals surface area contributed by atoms with Crippen molar-refractivity contribution < 1.29 is 28.6 Å². The third-order valence-corrected chi connectivity index (χ3v) is 6.09. The number of halogens is 1. The number of anilines is 1. The standard InChI is InChI=1S/C27H25FN2O5/c1-2-16(14-24(31)30-23-13-7-12-22(28)25(23)26(32)33)29-27(34)35-15-21-19-10-5-3-8-17(19)18-9-4-6-11-20(18)21/h3-13,16,21H,2,14-15H2,1H3,(H,29,34)(H,30,31)(H,32,33)/t16-/m0/s1. The maximum absolute atomic E-state index is 13.8. The summed E-state index contributed by atoms with van der Waals surface area (Å²) in [6.07, 6.45) is -0.341. The number of hydrogen-bond donors (Lipinski definition) is 3. The molecular weight excluding hydrogens is 451 g/mol. The molecule has 0 heterocycles. The Morgan fingerprint density at radius 1 is 0.971 bits per heavy atom. The highest BCUT2D eigenvalue weighted by Crippen LogP contribution is 2.44. The van der Waals surface area contributed by atoms with Crippen molar-refractivity contribution in [3.8, 4) is 11.1 Å². The van der Waals surface area contributed by atoms with Crippen molar-refractivity contribution in [3.63, 3.8) is 0 Å². The lowest BCUT2D eigenvalue weighted by molar-refractivity contribution is -0.116. The van der Waals surface area contributed by atoms with E-state index in [0.717, 1.165) is 28.3 Å². The minimum absolute atomic E-state index is 0.0843. The molecule has 1 aliphatic carbocycles. The summed E-state index contributed by atoms with van der Waals surface area (Å²) in [5, 5.41) is 14.3. The fraction of sp³-hybridized carbons (Fsp3) is 0.222. The number of alkyl carbamates (subject to hydrolysis) is 1. The van der Waals surface area contributed by atoms with Gasteiger partial charge in [-0.2, -0.15) is 0 Å². The van der Waals surface area contributed by atoms with Crippen LogP contribution in [0.15, 0.2) is 66.7 Å². The van der Waals surface area contributed by atoms with Gasteiger partial charge in [0.25, 0.3) is 0 Å². The van der Waals surface area contributed by atoms with Crippen LogP contribution in [0.25, 0.3) is 11.1 Å². The summed E-state index contributed by atoms with van der Waals surface area (Å²) < 4.78 is 19.4. The zero-order chi connectivity index (χ0) is 24.9. The number of carboxylic acid groups (broad SMARTS) is 1. The second-order valence-electron chi connectivity index (χ2n) is 8.29. The highest BCUT2D eigenvalue weighted by molar-refractivity contribution is 6.00. The van der Waals surface area contributed by atoms with Crippen molar-refractivity contribution in [1.29, 1.82) is 0 Å². The molecular formula is C27H25FN2O5. The molecule has 3 N–H and O–H groups in total. The highest BCUT2D eigenvalue weighted by atomic mass is 19.1. The number of ether oxygens (including phenoxy) is 1. The average Bonchev–Trinajstić information content (AvgIpc) is 3.16. The second kappa shape index (κ2) is 10.4. The molecule has 35 heavy (non-hydrogen) atoms. The zero-order valence-electron chi connectivity index (χ0n) is 19.1. The number of carboxylic acids is 1. The summed E-state index contributed by atoms with van der Waals surface area (Å²) in [6, 6.07) is 19.1. The molecule has 0 saturated heterocycles. The van der Waals surface area contributed by atoms with Crippen molar-refractivity contribution in [1.82, 2.24) is 5.32 Å². The lowest BCUT2D eigenvalue weighted by Crippen LogP contribution is -2.38. The first-order valence-corrected chi connectivity index (χ1v) is 11.3. The Balaban J connectivity index is 1.36. The molecule has 0 radical (unpaired) electrons. The van der Waals surface area contributed by atoms with Crippen LogP contribution >= 0.6 is 0 Å². The summed E-state index contributed by atoms with van der Waals surface area (Å²) in [6.45, 7) is 1.94. The number of benzene rings is 3. The Morgan fingerprint density at radius 2 is 1.60 bits per heavy atom. The summed E-state index contributed by atoms with van der Waals surface area (Å²) >= 11 is 0. The molecule has 0 aromatic heterocycles. The van der Waals surface area contributed by atoms with Crippen molar-refractivity contribution in [2.45, 2.75) is 31.7 Å². The van der Waals surface area contributed by atoms with E-state index >= 15 is 0 Å². The molecule has 4 rings (SSSR count). The first-order chi connectivity index (χ1) is 16.9. The number of amides is 2. The van der Waals surface area contributed by atoms with Gasteiger partial charge in [0.1, 0.15) is 18.0 Å². The van der Waals surface area contributed by atoms with Gasteiger partial charge in [0.05, 0.1) is 5.69 Å². The van der Waals surface area contributed by atoms with E-state index in [2.05, 4.69) is 10.6 Å². The molecule has 3 aromatic carbocycles. The molecule has 8 heteroatoms. The predicted molar refractivity (Wildman–Crippen MR) is 129 cm³/mol. The van der Waals surface area contributed by atoms with Crippen LogP contribution in [-0.4, -0.2) is 35.7 Å². The molecule has 3 aromatic rings. The lowest BCUT2D eigenvalue weighted by Gasteiger charge is -2.19. The van der Waals surface area contributed by atoms with E-state index < -0.39 is 35.4 Å². The SMILES string of the molecule is CC[C@@H](CC(=O)Nc1cccc(F)c1C(=O)O)NC(=O)OCC1c2ccccc2-c2ccccc21. The number of fused-ring (bicyclic) bond motifs is 3. The number of hydrogen-bond acceptors (Lipinski definition) is 4. The number of rotatable bonds is 8. The third-order valence-electron chi connectivity index (χ3n) is 6.09. The smallest absolute Gasteiger partial charge is 0.407 e. The van der Waals surface area contributed by atoms with Crippen molar-refractivity contribution >= 4 is 23.7 Å². The molecule has 180 valence electrons. The number of carbonyl (C=O) groups excluding carboxylic acids is 2. The van der Waals surface area contributed by atoms with E-state index in [-0.39, 0.29) is 24.6 Å². The van der Waals surface area contributed by atoms with Gasteiger partial charge >= 0.3 is 12.1 Å². The molecule has 0 fully saturated rings. The highest BCUT2D eigenvalue weighted by Gasteiger charge is 2.29. The minimum Gasteiger partial charge on any atom is -0.478 e. The molecule has 0 spiro atoms. The third kappa shape index (κ3) is 5.16. The molecule has 2 amide bonds. The van der Waals surface area contributed by atoms with Crippen LogP contribution in [0.3, 0.4) is 0 Å². The van der Waals surface area contributed by atoms with Gasteiger partial charge in [0.2, 0.25) is 5.91 Å². The summed E-state index contributed by atoms with van der Waals surface area (Å²) in [5.41, 5.74) is 3.68. The van der Waals surface area contributed by atoms with E-state index in [1.165, 1.54) is 12.1 Å². The van der Waals surface area contributed by atoms with Gasteiger partial charge in [-0.25, -0.2) is 14.0 Å². The Labute approximate surface area is 201 Å². The van der Waals surface area contributed by atoms with Crippen LogP contribution in [0.5, 0.6) is 0 Å². The van der Waals surface area contributed by atoms with Crippen molar-refractivity contribution in [3.05, 3.63) is 89.2 Å². The maximum Gasteiger partial charge on any atom is 0.407 e. The fourth-order valence-corrected chi connectivity index (χ4v) is 4.37. The number of nitrogens with one attached hydrogen (secondary N) is 2. The molecule has 0 unspecified atom stereocenters. The van der Waals surface area contributed by atoms with Crippen molar-refractivity contribution in [2.24, 2.45) is 0 Å². The largest absolute Gasteiger partial charge is 0.478 e. The first kappa shape index (κ1) is 23.9. The Morgan fingerprint density at radius 3 is 2.20 bits per heavy atom. The van der Waals surface area contributed by atoms with E-state index in [1.807, 2.05) is 48.5 Å². The second-order valence-corrected chi connectivity index (χ2v) is 8.29. The summed E-state index contributed by atoms with van der Waals surface area (Å²) in [4.78, 5) is 36.3. The zero-order valence-corrected chi connectivity index (χ0v) is 19.1. The van der Waals surface area contributed by atoms with E-state index in [1.54, 1.807) is 6.92 Å². The van der Waals surface area contributed by atoms with Crippen LogP contribution in [-0.2, 0) is 9.53 Å². The molecule has 0 bridgehead atoms. The van der Waals surface area contributed by atoms with Crippen LogP contribution in [0, 0.1) is 5.82 Å². The van der Waals surface area contributed by atoms with Gasteiger partial charge in [0.15, 0.2) is 0 Å². The van der Waals surface area contributed by atoms with Crippen LogP contribution in [0.4, 0.5) is 14.9 Å². The van der Waals surface area contributed by atoms with Crippen molar-refractivity contribution in [2.75, 3.05) is 11.9 Å². The Kier molecular flexibility index (Phi) is 7.10. The van der Waals surface area contributed by atoms with Crippen LogP contribution in [0.1, 0.15) is 47.2 Å². The predicted octanol–water partition coefficient (Wildman–Crippen LogP) is 5.17. The normalized spacial score (nSPS) is 12.9. The maximum atomic E-state index is 13.8. The van der Waals surface area contributed by atoms with Gasteiger partial charge in [-0.05, 0) is 40.8 Å². The Bertz CT molecular complexity index is 1230.